The Balaban J connectivity index is 1.55. The number of nitrogens with one attached hydrogen (secondary N) is 1. The van der Waals surface area contributed by atoms with Crippen LogP contribution in [0.4, 0.5) is 0 Å². The lowest BCUT2D eigenvalue weighted by atomic mass is 9.95. The van der Waals surface area contributed by atoms with E-state index in [1.54, 1.807) is 31.2 Å². The first-order chi connectivity index (χ1) is 19.3. The molecule has 1 aromatic carbocycles. The van der Waals surface area contributed by atoms with Crippen LogP contribution in [0.15, 0.2) is 97.0 Å². The molecule has 0 fully saturated rings. The van der Waals surface area contributed by atoms with E-state index in [9.17, 15) is 19.8 Å². The lowest BCUT2D eigenvalue weighted by Crippen LogP contribution is -2.16. The molecule has 0 saturated carbocycles. The van der Waals surface area contributed by atoms with Crippen molar-refractivity contribution in [2.75, 3.05) is 0 Å². The highest BCUT2D eigenvalue weighted by Crippen LogP contribution is 2.46. The highest BCUT2D eigenvalue weighted by atomic mass is 16.5. The summed E-state index contributed by atoms with van der Waals surface area (Å²) in [7, 11) is 0. The lowest BCUT2D eigenvalue weighted by Gasteiger charge is -2.06. The molecule has 2 N–H and O–H groups in total. The van der Waals surface area contributed by atoms with Crippen LogP contribution in [0.3, 0.4) is 0 Å². The largest absolute Gasteiger partial charge is 0.578 e. The van der Waals surface area contributed by atoms with Gasteiger partial charge in [0.1, 0.15) is 5.58 Å². The molecule has 0 radical (unpaired) electrons. The SMILES string of the molecule is CC=C1C=C2NC(=O)C(c3c(O)oc4cc5c(C6=C(/C=C\C=C\CC)C(C)=NC6=O)c([O-])oc5cc34)=C2C=CC1. The topological polar surface area (TPSA) is 128 Å². The number of hydrogen-bond acceptors (Lipinski definition) is 6. The minimum atomic E-state index is -0.687. The summed E-state index contributed by atoms with van der Waals surface area (Å²) in [5.74, 6) is -2.04. The van der Waals surface area contributed by atoms with Crippen molar-refractivity contribution in [3.8, 4) is 11.9 Å². The van der Waals surface area contributed by atoms with Crippen LogP contribution in [0.2, 0.25) is 0 Å². The molecule has 8 heteroatoms. The molecular formula is C32H25N2O6-. The number of carbonyl (C=O) groups excluding carboxylic acids is 2. The fraction of sp³-hybridized carbons (Fsp3) is 0.156. The predicted octanol–water partition coefficient (Wildman–Crippen LogP) is 5.91. The number of furan rings is 2. The summed E-state index contributed by atoms with van der Waals surface area (Å²) in [6.07, 6.45) is 16.6. The molecule has 1 aliphatic carbocycles. The van der Waals surface area contributed by atoms with Crippen LogP contribution in [-0.2, 0) is 9.59 Å². The van der Waals surface area contributed by atoms with Crippen molar-refractivity contribution in [3.05, 3.63) is 94.3 Å². The number of nitrogens with zero attached hydrogens (tertiary/aromatic N) is 1. The number of fused-ring (bicyclic) bond motifs is 3. The monoisotopic (exact) mass is 533 g/mol. The van der Waals surface area contributed by atoms with Gasteiger partial charge in [-0.1, -0.05) is 49.5 Å². The average Bonchev–Trinajstić information content (AvgIpc) is 3.54. The number of aromatic hydroxyl groups is 1. The Labute approximate surface area is 229 Å². The van der Waals surface area contributed by atoms with Crippen molar-refractivity contribution < 1.29 is 28.6 Å². The van der Waals surface area contributed by atoms with E-state index < -0.39 is 17.8 Å². The molecule has 0 spiro atoms. The second kappa shape index (κ2) is 9.57. The van der Waals surface area contributed by atoms with Crippen LogP contribution >= 0.6 is 0 Å². The summed E-state index contributed by atoms with van der Waals surface area (Å²) in [6, 6.07) is 3.11. The molecule has 0 bridgehead atoms. The Hall–Kier alpha value is -5.11. The van der Waals surface area contributed by atoms with Gasteiger partial charge in [0.25, 0.3) is 17.8 Å². The molecule has 2 amide bonds. The van der Waals surface area contributed by atoms with Gasteiger partial charge in [-0.05, 0) is 50.5 Å². The molecule has 0 atom stereocenters. The van der Waals surface area contributed by atoms with E-state index in [4.69, 9.17) is 8.83 Å². The number of carbonyl (C=O) groups is 2. The minimum absolute atomic E-state index is 0.0792. The molecule has 4 heterocycles. The van der Waals surface area contributed by atoms with Gasteiger partial charge in [0, 0.05) is 44.5 Å². The second-order valence-electron chi connectivity index (χ2n) is 9.65. The number of benzene rings is 1. The molecule has 8 nitrogen and oxygen atoms in total. The van der Waals surface area contributed by atoms with Crippen molar-refractivity contribution in [3.63, 3.8) is 0 Å². The Kier molecular flexibility index (Phi) is 6.03. The smallest absolute Gasteiger partial charge is 0.291 e. The first-order valence-corrected chi connectivity index (χ1v) is 13.0. The van der Waals surface area contributed by atoms with Crippen LogP contribution in [0.1, 0.15) is 44.7 Å². The molecule has 2 aliphatic heterocycles. The Morgan fingerprint density at radius 1 is 1.10 bits per heavy atom. The summed E-state index contributed by atoms with van der Waals surface area (Å²) < 4.78 is 11.3. The third kappa shape index (κ3) is 3.88. The second-order valence-corrected chi connectivity index (χ2v) is 9.65. The Morgan fingerprint density at radius 2 is 1.85 bits per heavy atom. The third-order valence-corrected chi connectivity index (χ3v) is 7.21. The highest BCUT2D eigenvalue weighted by molar-refractivity contribution is 6.38. The third-order valence-electron chi connectivity index (χ3n) is 7.21. The maximum Gasteiger partial charge on any atom is 0.291 e. The van der Waals surface area contributed by atoms with Crippen LogP contribution < -0.4 is 10.4 Å². The maximum atomic E-state index is 13.1. The van der Waals surface area contributed by atoms with Crippen molar-refractivity contribution in [2.45, 2.75) is 33.6 Å². The number of hydrogen-bond donors (Lipinski definition) is 2. The first kappa shape index (κ1) is 25.2. The van der Waals surface area contributed by atoms with Crippen LogP contribution in [0.5, 0.6) is 11.9 Å². The van der Waals surface area contributed by atoms with Gasteiger partial charge in [-0.15, -0.1) is 0 Å². The zero-order valence-electron chi connectivity index (χ0n) is 22.1. The van der Waals surface area contributed by atoms with E-state index >= 15 is 0 Å². The van der Waals surface area contributed by atoms with Crippen molar-refractivity contribution >= 4 is 50.6 Å². The number of amides is 2. The zero-order valence-corrected chi connectivity index (χ0v) is 22.1. The first-order valence-electron chi connectivity index (χ1n) is 13.0. The Bertz CT molecular complexity index is 1900. The summed E-state index contributed by atoms with van der Waals surface area (Å²) in [4.78, 5) is 30.1. The summed E-state index contributed by atoms with van der Waals surface area (Å²) >= 11 is 0. The van der Waals surface area contributed by atoms with Crippen LogP contribution in [-0.4, -0.2) is 22.6 Å². The lowest BCUT2D eigenvalue weighted by molar-refractivity contribution is -0.293. The van der Waals surface area contributed by atoms with Crippen LogP contribution in [0.25, 0.3) is 33.1 Å². The molecule has 40 heavy (non-hydrogen) atoms. The van der Waals surface area contributed by atoms with Gasteiger partial charge in [-0.2, -0.15) is 0 Å². The van der Waals surface area contributed by atoms with Crippen molar-refractivity contribution in [1.82, 2.24) is 5.32 Å². The molecule has 6 rings (SSSR count). The van der Waals surface area contributed by atoms with Gasteiger partial charge in [0.05, 0.1) is 22.7 Å². The number of allylic oxidation sites excluding steroid dienone is 10. The van der Waals surface area contributed by atoms with Gasteiger partial charge >= 0.3 is 0 Å². The Morgan fingerprint density at radius 3 is 2.60 bits per heavy atom. The molecule has 200 valence electrons. The van der Waals surface area contributed by atoms with E-state index in [-0.39, 0.29) is 39.3 Å². The quantitative estimate of drug-likeness (QED) is 0.393. The molecule has 3 aromatic rings. The van der Waals surface area contributed by atoms with E-state index in [2.05, 4.69) is 10.3 Å². The van der Waals surface area contributed by atoms with E-state index in [1.165, 1.54) is 0 Å². The predicted molar refractivity (Wildman–Crippen MR) is 151 cm³/mol. The molecule has 0 saturated heterocycles. The van der Waals surface area contributed by atoms with Gasteiger partial charge in [0.15, 0.2) is 0 Å². The minimum Gasteiger partial charge on any atom is -0.578 e. The summed E-state index contributed by atoms with van der Waals surface area (Å²) in [5.41, 5.74) is 4.46. The standard InChI is InChI=1S/C32H26N2O6/c1-4-6-7-8-11-18-16(3)33-29(35)25(18)27-20-14-24-21(15-23(20)39-31(27)37)28(32(38)40-24)26-19-12-9-10-17(5-2)13-22(19)34-30(26)36/h5-9,11-15,37-38H,4,10H2,1-3H3,(H,34,36)/p-1/b7-6+,11-8-,17-5?. The van der Waals surface area contributed by atoms with Gasteiger partial charge in [0.2, 0.25) is 0 Å². The average molecular weight is 534 g/mol. The summed E-state index contributed by atoms with van der Waals surface area (Å²) in [5, 5.41) is 27.6. The zero-order chi connectivity index (χ0) is 28.1. The van der Waals surface area contributed by atoms with E-state index in [0.717, 1.165) is 12.0 Å². The van der Waals surface area contributed by atoms with Crippen molar-refractivity contribution in [1.29, 1.82) is 0 Å². The number of rotatable bonds is 5. The van der Waals surface area contributed by atoms with Crippen LogP contribution in [0, 0.1) is 0 Å². The van der Waals surface area contributed by atoms with Gasteiger partial charge < -0.3 is 24.4 Å². The fourth-order valence-corrected chi connectivity index (χ4v) is 5.31. The summed E-state index contributed by atoms with van der Waals surface area (Å²) in [6.45, 7) is 5.65. The number of aliphatic imine (C=N–C) groups is 1. The molecule has 0 unspecified atom stereocenters. The highest BCUT2D eigenvalue weighted by Gasteiger charge is 2.33. The van der Waals surface area contributed by atoms with Gasteiger partial charge in [-0.25, -0.2) is 4.99 Å². The van der Waals surface area contributed by atoms with Gasteiger partial charge in [-0.3, -0.25) is 9.59 Å². The normalized spacial score (nSPS) is 18.7. The molecule has 3 aliphatic rings. The fourth-order valence-electron chi connectivity index (χ4n) is 5.31. The van der Waals surface area contributed by atoms with E-state index in [0.29, 0.717) is 39.7 Å². The van der Waals surface area contributed by atoms with Crippen molar-refractivity contribution in [2.24, 2.45) is 4.99 Å². The van der Waals surface area contributed by atoms with E-state index in [1.807, 2.05) is 50.3 Å². The molecular weight excluding hydrogens is 508 g/mol. The maximum absolute atomic E-state index is 13.1. The molecule has 2 aromatic heterocycles.